The van der Waals surface area contributed by atoms with Gasteiger partial charge in [0.25, 0.3) is 0 Å². The van der Waals surface area contributed by atoms with Gasteiger partial charge in [-0.05, 0) is 68.7 Å². The van der Waals surface area contributed by atoms with E-state index in [1.807, 2.05) is 30.3 Å². The fourth-order valence-corrected chi connectivity index (χ4v) is 4.88. The van der Waals surface area contributed by atoms with Crippen LogP contribution in [-0.4, -0.2) is 43.0 Å². The van der Waals surface area contributed by atoms with Gasteiger partial charge in [-0.25, -0.2) is 0 Å². The lowest BCUT2D eigenvalue weighted by Gasteiger charge is -2.24. The fourth-order valence-electron chi connectivity index (χ4n) is 4.58. The minimum absolute atomic E-state index is 0.271. The number of hydrogen-bond donors (Lipinski definition) is 0. The predicted octanol–water partition coefficient (Wildman–Crippen LogP) is 6.65. The molecular weight excluding hydrogens is 473 g/mol. The van der Waals surface area contributed by atoms with E-state index in [-0.39, 0.29) is 6.79 Å². The molecule has 0 N–H and O–H groups in total. The summed E-state index contributed by atoms with van der Waals surface area (Å²) in [4.78, 5) is 4.83. The quantitative estimate of drug-likeness (QED) is 0.344. The molecule has 3 heterocycles. The zero-order chi connectivity index (χ0) is 23.3. The molecule has 34 heavy (non-hydrogen) atoms. The maximum Gasteiger partial charge on any atom is 0.231 e. The second-order valence-corrected chi connectivity index (χ2v) is 9.71. The van der Waals surface area contributed by atoms with Gasteiger partial charge in [-0.2, -0.15) is 0 Å². The zero-order valence-corrected chi connectivity index (χ0v) is 20.7. The highest BCUT2D eigenvalue weighted by atomic mass is 35.5. The molecule has 1 fully saturated rings. The van der Waals surface area contributed by atoms with Crippen LogP contribution in [0.15, 0.2) is 47.0 Å². The topological polar surface area (TPSA) is 51.0 Å². The molecule has 3 aromatic rings. The third-order valence-electron chi connectivity index (χ3n) is 6.44. The van der Waals surface area contributed by atoms with Gasteiger partial charge in [0.05, 0.1) is 10.0 Å². The van der Waals surface area contributed by atoms with E-state index in [1.54, 1.807) is 6.07 Å². The monoisotopic (exact) mass is 501 g/mol. The molecule has 180 valence electrons. The van der Waals surface area contributed by atoms with E-state index in [0.29, 0.717) is 16.6 Å². The molecule has 2 aromatic carbocycles. The SMILES string of the molecule is Clc1ccc(-c2cc(N(CCCN3CCCCCC3)Cc3ccc4c(c3)OCO4)on2)cc1Cl. The molecule has 5 rings (SSSR count). The average molecular weight is 502 g/mol. The maximum atomic E-state index is 6.21. The third kappa shape index (κ3) is 5.62. The molecule has 0 saturated carbocycles. The summed E-state index contributed by atoms with van der Waals surface area (Å²) in [6.07, 6.45) is 6.35. The van der Waals surface area contributed by atoms with Crippen LogP contribution in [0.25, 0.3) is 11.3 Å². The van der Waals surface area contributed by atoms with E-state index in [4.69, 9.17) is 37.2 Å². The Morgan fingerprint density at radius 2 is 1.71 bits per heavy atom. The number of benzene rings is 2. The first-order chi connectivity index (χ1) is 16.7. The summed E-state index contributed by atoms with van der Waals surface area (Å²) in [6.45, 7) is 5.31. The van der Waals surface area contributed by atoms with Crippen molar-refractivity contribution < 1.29 is 14.0 Å². The van der Waals surface area contributed by atoms with Crippen LogP contribution in [0.4, 0.5) is 5.88 Å². The van der Waals surface area contributed by atoms with Gasteiger partial charge in [-0.1, -0.05) is 53.3 Å². The van der Waals surface area contributed by atoms with Gasteiger partial charge in [0, 0.05) is 24.7 Å². The lowest BCUT2D eigenvalue weighted by molar-refractivity contribution is 0.174. The molecule has 2 aliphatic heterocycles. The van der Waals surface area contributed by atoms with Crippen LogP contribution < -0.4 is 14.4 Å². The molecule has 0 bridgehead atoms. The molecule has 0 amide bonds. The summed E-state index contributed by atoms with van der Waals surface area (Å²) >= 11 is 12.3. The average Bonchev–Trinajstić information content (AvgIpc) is 3.44. The Morgan fingerprint density at radius 1 is 0.882 bits per heavy atom. The summed E-state index contributed by atoms with van der Waals surface area (Å²) in [7, 11) is 0. The van der Waals surface area contributed by atoms with Crippen molar-refractivity contribution in [1.29, 1.82) is 0 Å². The van der Waals surface area contributed by atoms with Crippen molar-refractivity contribution in [2.45, 2.75) is 38.6 Å². The summed E-state index contributed by atoms with van der Waals surface area (Å²) in [5.74, 6) is 2.31. The normalized spacial score (nSPS) is 15.9. The maximum absolute atomic E-state index is 6.21. The van der Waals surface area contributed by atoms with Crippen LogP contribution in [0.1, 0.15) is 37.7 Å². The van der Waals surface area contributed by atoms with Crippen LogP contribution in [0.3, 0.4) is 0 Å². The Morgan fingerprint density at radius 3 is 2.53 bits per heavy atom. The van der Waals surface area contributed by atoms with E-state index < -0.39 is 0 Å². The highest BCUT2D eigenvalue weighted by molar-refractivity contribution is 6.42. The summed E-state index contributed by atoms with van der Waals surface area (Å²) in [5.41, 5.74) is 2.74. The third-order valence-corrected chi connectivity index (χ3v) is 7.18. The van der Waals surface area contributed by atoms with E-state index >= 15 is 0 Å². The highest BCUT2D eigenvalue weighted by Gasteiger charge is 2.19. The smallest absolute Gasteiger partial charge is 0.231 e. The molecule has 0 unspecified atom stereocenters. The van der Waals surface area contributed by atoms with Gasteiger partial charge in [0.2, 0.25) is 12.7 Å². The Balaban J connectivity index is 1.32. The number of ether oxygens (including phenoxy) is 2. The molecule has 0 radical (unpaired) electrons. The number of likely N-dealkylation sites (tertiary alicyclic amines) is 1. The summed E-state index contributed by atoms with van der Waals surface area (Å²) in [5, 5.41) is 5.33. The zero-order valence-electron chi connectivity index (χ0n) is 19.1. The standard InChI is InChI=1S/C26H29Cl2N3O3/c27-21-8-7-20(15-22(21)28)23-16-26(34-29-23)31(13-5-12-30-10-3-1-2-4-11-30)17-19-6-9-24-25(14-19)33-18-32-24/h6-9,14-16H,1-5,10-13,17-18H2. The van der Waals surface area contributed by atoms with Crippen molar-refractivity contribution in [3.63, 3.8) is 0 Å². The van der Waals surface area contributed by atoms with Gasteiger partial charge >= 0.3 is 0 Å². The number of fused-ring (bicyclic) bond motifs is 1. The van der Waals surface area contributed by atoms with Crippen LogP contribution in [0.5, 0.6) is 11.5 Å². The minimum Gasteiger partial charge on any atom is -0.454 e. The molecule has 1 saturated heterocycles. The molecule has 6 nitrogen and oxygen atoms in total. The van der Waals surface area contributed by atoms with E-state index in [9.17, 15) is 0 Å². The van der Waals surface area contributed by atoms with Crippen LogP contribution in [0.2, 0.25) is 10.0 Å². The second-order valence-electron chi connectivity index (χ2n) is 8.90. The fraction of sp³-hybridized carbons (Fsp3) is 0.423. The first-order valence-electron chi connectivity index (χ1n) is 11.9. The predicted molar refractivity (Wildman–Crippen MR) is 135 cm³/mol. The lowest BCUT2D eigenvalue weighted by atomic mass is 10.1. The van der Waals surface area contributed by atoms with Crippen LogP contribution in [-0.2, 0) is 6.54 Å². The molecule has 0 atom stereocenters. The number of nitrogens with zero attached hydrogens (tertiary/aromatic N) is 3. The van der Waals surface area contributed by atoms with E-state index in [2.05, 4.69) is 21.0 Å². The number of anilines is 1. The number of halogens is 2. The van der Waals surface area contributed by atoms with Gasteiger partial charge in [-0.3, -0.25) is 0 Å². The molecular formula is C26H29Cl2N3O3. The van der Waals surface area contributed by atoms with Gasteiger partial charge < -0.3 is 23.8 Å². The van der Waals surface area contributed by atoms with E-state index in [1.165, 1.54) is 38.8 Å². The second kappa shape index (κ2) is 10.9. The van der Waals surface area contributed by atoms with Crippen molar-refractivity contribution in [3.05, 3.63) is 58.1 Å². The first kappa shape index (κ1) is 23.3. The van der Waals surface area contributed by atoms with Gasteiger partial charge in [-0.15, -0.1) is 0 Å². The van der Waals surface area contributed by atoms with Crippen molar-refractivity contribution in [2.75, 3.05) is 37.9 Å². The van der Waals surface area contributed by atoms with Crippen LogP contribution in [0, 0.1) is 0 Å². The lowest BCUT2D eigenvalue weighted by Crippen LogP contribution is -2.30. The molecule has 0 aliphatic carbocycles. The number of hydrogen-bond acceptors (Lipinski definition) is 6. The Hall–Kier alpha value is -2.41. The van der Waals surface area contributed by atoms with Crippen molar-refractivity contribution in [3.8, 4) is 22.8 Å². The highest BCUT2D eigenvalue weighted by Crippen LogP contribution is 2.34. The Labute approximate surface area is 210 Å². The largest absolute Gasteiger partial charge is 0.454 e. The van der Waals surface area contributed by atoms with E-state index in [0.717, 1.165) is 53.7 Å². The summed E-state index contributed by atoms with van der Waals surface area (Å²) in [6, 6.07) is 13.5. The molecule has 0 spiro atoms. The first-order valence-corrected chi connectivity index (χ1v) is 12.7. The molecule has 8 heteroatoms. The minimum atomic E-state index is 0.271. The van der Waals surface area contributed by atoms with Crippen molar-refractivity contribution in [1.82, 2.24) is 10.1 Å². The summed E-state index contributed by atoms with van der Waals surface area (Å²) < 4.78 is 16.8. The van der Waals surface area contributed by atoms with Crippen molar-refractivity contribution >= 4 is 29.1 Å². The van der Waals surface area contributed by atoms with Gasteiger partial charge in [0.15, 0.2) is 11.5 Å². The van der Waals surface area contributed by atoms with Crippen molar-refractivity contribution in [2.24, 2.45) is 0 Å². The number of rotatable bonds is 8. The Bertz CT molecular complexity index is 1110. The Kier molecular flexibility index (Phi) is 7.48. The number of aromatic nitrogens is 1. The van der Waals surface area contributed by atoms with Crippen LogP contribution >= 0.6 is 23.2 Å². The molecule has 1 aromatic heterocycles. The van der Waals surface area contributed by atoms with Gasteiger partial charge in [0.1, 0.15) is 5.69 Å². The molecule has 2 aliphatic rings.